The summed E-state index contributed by atoms with van der Waals surface area (Å²) in [5.74, 6) is -0.781. The van der Waals surface area contributed by atoms with Gasteiger partial charge in [0.1, 0.15) is 5.75 Å². The first-order valence-corrected chi connectivity index (χ1v) is 5.36. The molecule has 96 valence electrons. The van der Waals surface area contributed by atoms with E-state index < -0.39 is 5.91 Å². The van der Waals surface area contributed by atoms with Gasteiger partial charge in [-0.15, -0.1) is 0 Å². The molecule has 0 spiro atoms. The number of hydrogen-bond donors (Lipinski definition) is 3. The minimum absolute atomic E-state index is 0.107. The fraction of sp³-hybridized carbons (Fsp3) is 0.250. The number of nitrogens with zero attached hydrogens (tertiary/aromatic N) is 1. The van der Waals surface area contributed by atoms with Crippen molar-refractivity contribution in [2.75, 3.05) is 6.54 Å². The molecule has 1 aromatic carbocycles. The third kappa shape index (κ3) is 4.25. The van der Waals surface area contributed by atoms with Gasteiger partial charge in [-0.3, -0.25) is 9.59 Å². The Morgan fingerprint density at radius 3 is 2.56 bits per heavy atom. The number of carbonyl (C=O) groups is 2. The van der Waals surface area contributed by atoms with Gasteiger partial charge in [0.2, 0.25) is 5.91 Å². The lowest BCUT2D eigenvalue weighted by atomic mass is 10.2. The molecule has 6 nitrogen and oxygen atoms in total. The van der Waals surface area contributed by atoms with E-state index in [1.54, 1.807) is 19.1 Å². The summed E-state index contributed by atoms with van der Waals surface area (Å²) in [6.45, 7) is 3.32. The Kier molecular flexibility index (Phi) is 4.86. The maximum absolute atomic E-state index is 11.6. The number of carbonyl (C=O) groups excluding carboxylic acids is 2. The molecule has 0 unspecified atom stereocenters. The number of benzene rings is 1. The zero-order valence-electron chi connectivity index (χ0n) is 10.2. The Morgan fingerprint density at radius 1 is 1.28 bits per heavy atom. The molecule has 0 aliphatic carbocycles. The van der Waals surface area contributed by atoms with Gasteiger partial charge in [-0.25, -0.2) is 5.43 Å². The lowest BCUT2D eigenvalue weighted by Gasteiger charge is -2.04. The van der Waals surface area contributed by atoms with Crippen LogP contribution in [0.3, 0.4) is 0 Å². The Hall–Kier alpha value is -2.37. The maximum Gasteiger partial charge on any atom is 0.275 e. The third-order valence-electron chi connectivity index (χ3n) is 2.09. The van der Waals surface area contributed by atoms with Crippen LogP contribution in [-0.2, 0) is 4.79 Å². The summed E-state index contributed by atoms with van der Waals surface area (Å²) in [6.07, 6.45) is 0. The number of phenols is 1. The maximum atomic E-state index is 11.6. The lowest BCUT2D eigenvalue weighted by molar-refractivity contribution is -0.118. The van der Waals surface area contributed by atoms with Crippen LogP contribution in [-0.4, -0.2) is 29.2 Å². The van der Waals surface area contributed by atoms with Crippen molar-refractivity contribution in [3.05, 3.63) is 29.8 Å². The van der Waals surface area contributed by atoms with Crippen molar-refractivity contribution in [3.8, 4) is 5.75 Å². The van der Waals surface area contributed by atoms with Crippen LogP contribution in [0, 0.1) is 0 Å². The summed E-state index contributed by atoms with van der Waals surface area (Å²) in [5.41, 5.74) is 3.00. The standard InChI is InChI=1S/C12H15N3O3/c1-8(7-13-9(2)16)14-15-12(18)10-5-3-4-6-11(10)17/h3-6,17H,7H2,1-2H3,(H,13,16)(H,15,18)/b14-8-. The first-order chi connectivity index (χ1) is 8.50. The zero-order chi connectivity index (χ0) is 13.5. The highest BCUT2D eigenvalue weighted by Gasteiger charge is 2.08. The number of phenolic OH excluding ortho intramolecular Hbond substituents is 1. The summed E-state index contributed by atoms with van der Waals surface area (Å²) in [4.78, 5) is 22.3. The number of nitrogens with one attached hydrogen (secondary N) is 2. The molecular formula is C12H15N3O3. The van der Waals surface area contributed by atoms with Gasteiger partial charge < -0.3 is 10.4 Å². The number of rotatable bonds is 4. The summed E-state index contributed by atoms with van der Waals surface area (Å²) in [5, 5.41) is 15.8. The van der Waals surface area contributed by atoms with E-state index in [1.807, 2.05) is 0 Å². The number of hydrogen-bond acceptors (Lipinski definition) is 4. The minimum atomic E-state index is -0.504. The first kappa shape index (κ1) is 13.7. The lowest BCUT2D eigenvalue weighted by Crippen LogP contribution is -2.28. The second-order valence-corrected chi connectivity index (χ2v) is 3.71. The molecule has 0 heterocycles. The van der Waals surface area contributed by atoms with Gasteiger partial charge in [-0.05, 0) is 19.1 Å². The first-order valence-electron chi connectivity index (χ1n) is 5.36. The van der Waals surface area contributed by atoms with E-state index in [0.717, 1.165) is 0 Å². The van der Waals surface area contributed by atoms with E-state index in [4.69, 9.17) is 0 Å². The van der Waals surface area contributed by atoms with Crippen LogP contribution in [0.15, 0.2) is 29.4 Å². The molecule has 0 fully saturated rings. The average molecular weight is 249 g/mol. The Morgan fingerprint density at radius 2 is 1.94 bits per heavy atom. The summed E-state index contributed by atoms with van der Waals surface area (Å²) in [7, 11) is 0. The zero-order valence-corrected chi connectivity index (χ0v) is 10.2. The topological polar surface area (TPSA) is 90.8 Å². The number of hydrazone groups is 1. The molecule has 0 saturated heterocycles. The molecule has 0 aromatic heterocycles. The van der Waals surface area contributed by atoms with Crippen molar-refractivity contribution in [2.24, 2.45) is 5.10 Å². The molecule has 0 atom stereocenters. The van der Waals surface area contributed by atoms with Gasteiger partial charge in [-0.2, -0.15) is 5.10 Å². The normalized spacial score (nSPS) is 10.9. The molecule has 0 aliphatic heterocycles. The molecule has 6 heteroatoms. The van der Waals surface area contributed by atoms with Crippen LogP contribution < -0.4 is 10.7 Å². The quantitative estimate of drug-likeness (QED) is 0.540. The van der Waals surface area contributed by atoms with Crippen LogP contribution in [0.4, 0.5) is 0 Å². The van der Waals surface area contributed by atoms with Crippen molar-refractivity contribution in [1.29, 1.82) is 0 Å². The predicted octanol–water partition coefficient (Wildman–Crippen LogP) is 0.634. The molecule has 0 aliphatic rings. The monoisotopic (exact) mass is 249 g/mol. The number of aromatic hydroxyl groups is 1. The number of para-hydroxylation sites is 1. The minimum Gasteiger partial charge on any atom is -0.507 e. The molecular weight excluding hydrogens is 234 g/mol. The predicted molar refractivity (Wildman–Crippen MR) is 67.4 cm³/mol. The summed E-state index contributed by atoms with van der Waals surface area (Å²) in [6, 6.07) is 6.17. The van der Waals surface area contributed by atoms with Gasteiger partial charge in [0.25, 0.3) is 5.91 Å². The van der Waals surface area contributed by atoms with E-state index in [0.29, 0.717) is 5.71 Å². The molecule has 0 saturated carbocycles. The van der Waals surface area contributed by atoms with Crippen molar-refractivity contribution >= 4 is 17.5 Å². The van der Waals surface area contributed by atoms with Gasteiger partial charge in [0, 0.05) is 6.92 Å². The van der Waals surface area contributed by atoms with E-state index in [-0.39, 0.29) is 23.8 Å². The van der Waals surface area contributed by atoms with Crippen LogP contribution >= 0.6 is 0 Å². The average Bonchev–Trinajstić information content (AvgIpc) is 2.34. The SMILES string of the molecule is CC(=O)NC/C(C)=N\NC(=O)c1ccccc1O. The van der Waals surface area contributed by atoms with E-state index in [9.17, 15) is 14.7 Å². The molecule has 1 rings (SSSR count). The molecule has 0 radical (unpaired) electrons. The van der Waals surface area contributed by atoms with Crippen molar-refractivity contribution < 1.29 is 14.7 Å². The van der Waals surface area contributed by atoms with Crippen LogP contribution in [0.2, 0.25) is 0 Å². The smallest absolute Gasteiger partial charge is 0.275 e. The largest absolute Gasteiger partial charge is 0.507 e. The molecule has 0 bridgehead atoms. The second-order valence-electron chi connectivity index (χ2n) is 3.71. The molecule has 2 amide bonds. The summed E-state index contributed by atoms with van der Waals surface area (Å²) < 4.78 is 0. The van der Waals surface area contributed by atoms with Crippen LogP contribution in [0.1, 0.15) is 24.2 Å². The van der Waals surface area contributed by atoms with Crippen molar-refractivity contribution in [3.63, 3.8) is 0 Å². The second kappa shape index (κ2) is 6.39. The highest BCUT2D eigenvalue weighted by Crippen LogP contribution is 2.14. The highest BCUT2D eigenvalue weighted by atomic mass is 16.3. The summed E-state index contributed by atoms with van der Waals surface area (Å²) >= 11 is 0. The number of amides is 2. The van der Waals surface area contributed by atoms with Crippen molar-refractivity contribution in [1.82, 2.24) is 10.7 Å². The Labute approximate surface area is 105 Å². The van der Waals surface area contributed by atoms with Gasteiger partial charge in [0.05, 0.1) is 17.8 Å². The van der Waals surface area contributed by atoms with E-state index >= 15 is 0 Å². The third-order valence-corrected chi connectivity index (χ3v) is 2.09. The van der Waals surface area contributed by atoms with E-state index in [1.165, 1.54) is 19.1 Å². The van der Waals surface area contributed by atoms with Gasteiger partial charge >= 0.3 is 0 Å². The molecule has 1 aromatic rings. The van der Waals surface area contributed by atoms with Crippen molar-refractivity contribution in [2.45, 2.75) is 13.8 Å². The van der Waals surface area contributed by atoms with Gasteiger partial charge in [-0.1, -0.05) is 12.1 Å². The Bertz CT molecular complexity index is 483. The fourth-order valence-electron chi connectivity index (χ4n) is 1.16. The molecule has 18 heavy (non-hydrogen) atoms. The molecule has 3 N–H and O–H groups in total. The van der Waals surface area contributed by atoms with Gasteiger partial charge in [0.15, 0.2) is 0 Å². The fourth-order valence-corrected chi connectivity index (χ4v) is 1.16. The van der Waals surface area contributed by atoms with Crippen LogP contribution in [0.5, 0.6) is 5.75 Å². The van der Waals surface area contributed by atoms with Crippen LogP contribution in [0.25, 0.3) is 0 Å². The van der Waals surface area contributed by atoms with E-state index in [2.05, 4.69) is 15.8 Å². The Balaban J connectivity index is 2.58. The highest BCUT2D eigenvalue weighted by molar-refractivity contribution is 5.97.